The van der Waals surface area contributed by atoms with Gasteiger partial charge in [-0.05, 0) is 83.5 Å². The molecule has 0 radical (unpaired) electrons. The number of benzene rings is 4. The van der Waals surface area contributed by atoms with Crippen LogP contribution in [0, 0.1) is 5.82 Å². The van der Waals surface area contributed by atoms with Gasteiger partial charge in [0, 0.05) is 32.0 Å². The molecule has 2 atom stereocenters. The number of carbonyl (C=O) groups is 2. The van der Waals surface area contributed by atoms with Gasteiger partial charge in [-0.25, -0.2) is 27.9 Å². The van der Waals surface area contributed by atoms with E-state index in [0.29, 0.717) is 30.1 Å². The van der Waals surface area contributed by atoms with E-state index in [0.717, 1.165) is 35.1 Å². The lowest BCUT2D eigenvalue weighted by Crippen LogP contribution is -2.43. The molecule has 1 N–H and O–H groups in total. The lowest BCUT2D eigenvalue weighted by molar-refractivity contribution is -0.200. The molecule has 12 heteroatoms. The van der Waals surface area contributed by atoms with Crippen molar-refractivity contribution in [2.45, 2.75) is 49.1 Å². The number of ether oxygens (including phenoxy) is 3. The van der Waals surface area contributed by atoms with Crippen LogP contribution in [0.15, 0.2) is 97.1 Å². The molecule has 0 bridgehead atoms. The minimum atomic E-state index is -4.05. The third kappa shape index (κ3) is 7.35. The van der Waals surface area contributed by atoms with Crippen molar-refractivity contribution in [2.24, 2.45) is 0 Å². The van der Waals surface area contributed by atoms with E-state index in [-0.39, 0.29) is 37.8 Å². The van der Waals surface area contributed by atoms with E-state index in [1.807, 2.05) is 36.4 Å². The highest BCUT2D eigenvalue weighted by atomic mass is 32.2. The third-order valence-corrected chi connectivity index (χ3v) is 12.4. The number of nitrogens with zero attached hydrogens (tertiary/aromatic N) is 1. The number of carbonyl (C=O) groups excluding carboxylic acids is 2. The van der Waals surface area contributed by atoms with Crippen LogP contribution in [0.5, 0.6) is 11.5 Å². The fourth-order valence-electron chi connectivity index (χ4n) is 7.20. The third-order valence-electron chi connectivity index (χ3n) is 9.92. The molecule has 2 saturated heterocycles. The molecule has 0 aromatic heterocycles. The highest BCUT2D eigenvalue weighted by Gasteiger charge is 2.49. The maximum atomic E-state index is 14.3. The van der Waals surface area contributed by atoms with Crippen LogP contribution in [0.25, 0.3) is 11.1 Å². The van der Waals surface area contributed by atoms with Crippen molar-refractivity contribution in [3.63, 3.8) is 0 Å². The summed E-state index contributed by atoms with van der Waals surface area (Å²) >= 11 is 0. The summed E-state index contributed by atoms with van der Waals surface area (Å²) in [6.45, 7) is 0.542. The van der Waals surface area contributed by atoms with Crippen LogP contribution in [-0.4, -0.2) is 63.7 Å². The normalized spacial score (nSPS) is 21.2. The van der Waals surface area contributed by atoms with Crippen molar-refractivity contribution in [3.05, 3.63) is 120 Å². The van der Waals surface area contributed by atoms with Crippen LogP contribution < -0.4 is 10.2 Å². The summed E-state index contributed by atoms with van der Waals surface area (Å²) in [5, 5.41) is 0. The van der Waals surface area contributed by atoms with E-state index in [1.165, 1.54) is 29.2 Å². The predicted molar refractivity (Wildman–Crippen MR) is 187 cm³/mol. The van der Waals surface area contributed by atoms with Gasteiger partial charge in [-0.15, -0.1) is 0 Å². The Labute approximate surface area is 296 Å². The molecule has 51 heavy (non-hydrogen) atoms. The first-order valence-electron chi connectivity index (χ1n) is 17.1. The Morgan fingerprint density at radius 1 is 0.863 bits per heavy atom. The Hall–Kier alpha value is -4.78. The van der Waals surface area contributed by atoms with Crippen molar-refractivity contribution in [1.82, 2.24) is 10.4 Å². The largest absolute Gasteiger partial charge is 0.457 e. The van der Waals surface area contributed by atoms with Gasteiger partial charge in [0.25, 0.3) is 0 Å². The van der Waals surface area contributed by atoms with Crippen molar-refractivity contribution in [3.8, 4) is 22.6 Å². The monoisotopic (exact) mass is 714 g/mol. The highest BCUT2D eigenvalue weighted by Crippen LogP contribution is 2.45. The van der Waals surface area contributed by atoms with Gasteiger partial charge in [-0.1, -0.05) is 60.7 Å². The average Bonchev–Trinajstić information content (AvgIpc) is 3.40. The van der Waals surface area contributed by atoms with Gasteiger partial charge in [0.15, 0.2) is 16.1 Å². The molecule has 3 aliphatic rings. The summed E-state index contributed by atoms with van der Waals surface area (Å²) in [6.07, 6.45) is 0.648. The second kappa shape index (κ2) is 14.8. The smallest absolute Gasteiger partial charge is 0.409 e. The topological polar surface area (TPSA) is 120 Å². The van der Waals surface area contributed by atoms with Gasteiger partial charge in [-0.3, -0.25) is 4.79 Å². The van der Waals surface area contributed by atoms with Crippen molar-refractivity contribution in [1.29, 1.82) is 0 Å². The molecule has 10 nitrogen and oxygen atoms in total. The minimum Gasteiger partial charge on any atom is -0.457 e. The zero-order chi connectivity index (χ0) is 35.4. The number of fused-ring (bicyclic) bond motifs is 3. The van der Waals surface area contributed by atoms with Gasteiger partial charge < -0.3 is 19.1 Å². The SMILES string of the molecule is O=C(CC1(c2ccc(Oc3ccc(F)cc3)cc2)CCN(C(=O)OCC2c3ccccc3-c3ccccc32)CCS1(=O)=O)NOC1CCCCO1. The van der Waals surface area contributed by atoms with Crippen LogP contribution in [0.3, 0.4) is 0 Å². The minimum absolute atomic E-state index is 0.0314. The van der Waals surface area contributed by atoms with E-state index in [9.17, 15) is 22.4 Å². The number of sulfone groups is 1. The van der Waals surface area contributed by atoms with Crippen molar-refractivity contribution < 1.29 is 41.4 Å². The zero-order valence-corrected chi connectivity index (χ0v) is 28.8. The van der Waals surface area contributed by atoms with Crippen LogP contribution in [0.1, 0.15) is 54.7 Å². The quantitative estimate of drug-likeness (QED) is 0.187. The van der Waals surface area contributed by atoms with E-state index in [2.05, 4.69) is 17.6 Å². The molecule has 4 aromatic rings. The Morgan fingerprint density at radius 3 is 2.16 bits per heavy atom. The molecule has 2 heterocycles. The maximum Gasteiger partial charge on any atom is 0.409 e. The first-order chi connectivity index (χ1) is 24.7. The number of amides is 2. The Bertz CT molecular complexity index is 1940. The standard InChI is InChI=1S/C39H39FN2O8S/c40-28-14-18-30(19-15-28)49-29-16-12-27(13-17-29)39(25-36(43)41-50-37-11-5-6-23-47-37)20-21-42(22-24-51(39,45)46)38(44)48-26-35-33-9-3-1-7-31(33)32-8-2-4-10-34(32)35/h1-4,7-10,12-19,35,37H,5-6,11,20-26H2,(H,41,43). The predicted octanol–water partition coefficient (Wildman–Crippen LogP) is 6.85. The van der Waals surface area contributed by atoms with E-state index >= 15 is 0 Å². The number of hydrogen-bond donors (Lipinski definition) is 1. The summed E-state index contributed by atoms with van der Waals surface area (Å²) in [4.78, 5) is 33.9. The van der Waals surface area contributed by atoms with Gasteiger partial charge in [-0.2, -0.15) is 0 Å². The van der Waals surface area contributed by atoms with Crippen LogP contribution in [-0.2, 0) is 33.7 Å². The number of hydrogen-bond acceptors (Lipinski definition) is 8. The Kier molecular flexibility index (Phi) is 10.1. The van der Waals surface area contributed by atoms with Crippen molar-refractivity contribution in [2.75, 3.05) is 32.1 Å². The zero-order valence-electron chi connectivity index (χ0n) is 28.0. The Morgan fingerprint density at radius 2 is 1.51 bits per heavy atom. The van der Waals surface area contributed by atoms with Gasteiger partial charge in [0.1, 0.15) is 28.7 Å². The lowest BCUT2D eigenvalue weighted by atomic mass is 9.90. The highest BCUT2D eigenvalue weighted by molar-refractivity contribution is 7.92. The molecule has 266 valence electrons. The summed E-state index contributed by atoms with van der Waals surface area (Å²) in [6, 6.07) is 28.0. The molecule has 2 aliphatic heterocycles. The molecule has 2 amide bonds. The van der Waals surface area contributed by atoms with Crippen LogP contribution >= 0.6 is 0 Å². The molecule has 0 saturated carbocycles. The molecule has 1 aliphatic carbocycles. The molecule has 2 fully saturated rings. The summed E-state index contributed by atoms with van der Waals surface area (Å²) < 4.78 is 57.6. The molecule has 2 unspecified atom stereocenters. The molecule has 4 aromatic carbocycles. The molecule has 7 rings (SSSR count). The molecule has 0 spiro atoms. The summed E-state index contributed by atoms with van der Waals surface area (Å²) in [5.41, 5.74) is 7.13. The van der Waals surface area contributed by atoms with Crippen LogP contribution in [0.2, 0.25) is 0 Å². The van der Waals surface area contributed by atoms with E-state index in [1.54, 1.807) is 24.3 Å². The summed E-state index contributed by atoms with van der Waals surface area (Å²) in [7, 11) is -4.05. The number of nitrogens with one attached hydrogen (secondary N) is 1. The van der Waals surface area contributed by atoms with Gasteiger partial charge in [0.2, 0.25) is 5.91 Å². The van der Waals surface area contributed by atoms with Gasteiger partial charge in [0.05, 0.1) is 12.2 Å². The lowest BCUT2D eigenvalue weighted by Gasteiger charge is -2.32. The maximum absolute atomic E-state index is 14.3. The number of rotatable bonds is 9. The number of hydroxylamine groups is 1. The second-order valence-corrected chi connectivity index (χ2v) is 15.5. The second-order valence-electron chi connectivity index (χ2n) is 13.1. The fourth-order valence-corrected chi connectivity index (χ4v) is 9.30. The molecular formula is C39H39FN2O8S. The van der Waals surface area contributed by atoms with E-state index < -0.39 is 45.1 Å². The number of halogens is 1. The Balaban J connectivity index is 1.10. The first-order valence-corrected chi connectivity index (χ1v) is 18.8. The fraction of sp³-hybridized carbons (Fsp3) is 0.333. The first kappa shape index (κ1) is 34.7. The average molecular weight is 715 g/mol. The van der Waals surface area contributed by atoms with E-state index in [4.69, 9.17) is 19.0 Å². The van der Waals surface area contributed by atoms with Crippen molar-refractivity contribution >= 4 is 21.8 Å². The van der Waals surface area contributed by atoms with Gasteiger partial charge >= 0.3 is 6.09 Å². The molecular weight excluding hydrogens is 676 g/mol. The summed E-state index contributed by atoms with van der Waals surface area (Å²) in [5.74, 6) is -0.763. The van der Waals surface area contributed by atoms with Crippen LogP contribution in [0.4, 0.5) is 9.18 Å².